The van der Waals surface area contributed by atoms with Crippen molar-refractivity contribution in [3.05, 3.63) is 39.5 Å². The molecule has 10 heteroatoms. The van der Waals surface area contributed by atoms with Crippen molar-refractivity contribution in [3.8, 4) is 0 Å². The van der Waals surface area contributed by atoms with Gasteiger partial charge >= 0.3 is 0 Å². The number of alkyl halides is 2. The number of thioether (sulfide) groups is 1. The molecule has 3 heterocycles. The smallest absolute Gasteiger partial charge is 0.248 e. The Morgan fingerprint density at radius 3 is 2.66 bits per heavy atom. The fourth-order valence-electron chi connectivity index (χ4n) is 4.16. The van der Waals surface area contributed by atoms with Crippen molar-refractivity contribution in [2.45, 2.75) is 30.2 Å². The number of pyridine rings is 2. The molecule has 1 aliphatic carbocycles. The van der Waals surface area contributed by atoms with E-state index in [0.717, 1.165) is 0 Å². The molecule has 0 amide bonds. The van der Waals surface area contributed by atoms with Crippen LogP contribution < -0.4 is 10.7 Å². The lowest BCUT2D eigenvalue weighted by molar-refractivity contribution is -0.113. The fourth-order valence-corrected chi connectivity index (χ4v) is 5.22. The van der Waals surface area contributed by atoms with Crippen LogP contribution in [-0.4, -0.2) is 46.3 Å². The van der Waals surface area contributed by atoms with E-state index in [9.17, 15) is 18.4 Å². The van der Waals surface area contributed by atoms with E-state index in [1.54, 1.807) is 28.8 Å². The van der Waals surface area contributed by atoms with Gasteiger partial charge in [0, 0.05) is 24.8 Å². The van der Waals surface area contributed by atoms with E-state index in [1.807, 2.05) is 6.26 Å². The Balaban J connectivity index is 1.64. The van der Waals surface area contributed by atoms with E-state index in [4.69, 9.17) is 11.6 Å². The molecule has 1 aliphatic heterocycles. The summed E-state index contributed by atoms with van der Waals surface area (Å²) in [6.45, 7) is 0.770. The maximum Gasteiger partial charge on any atom is 0.248 e. The lowest BCUT2D eigenvalue weighted by Gasteiger charge is -2.35. The lowest BCUT2D eigenvalue weighted by atomic mass is 9.81. The molecule has 3 aromatic rings. The Labute approximate surface area is 191 Å². The number of nitrogens with zero attached hydrogens (tertiary/aromatic N) is 3. The molecule has 1 fully saturated rings. The van der Waals surface area contributed by atoms with Crippen molar-refractivity contribution >= 4 is 62.6 Å². The minimum atomic E-state index is -2.58. The van der Waals surface area contributed by atoms with Crippen molar-refractivity contribution < 1.29 is 13.6 Å². The zero-order valence-corrected chi connectivity index (χ0v) is 18.7. The van der Waals surface area contributed by atoms with E-state index >= 15 is 0 Å². The molecule has 0 spiro atoms. The molecule has 0 atom stereocenters. The van der Waals surface area contributed by atoms with Crippen LogP contribution in [0.3, 0.4) is 0 Å². The summed E-state index contributed by atoms with van der Waals surface area (Å²) in [4.78, 5) is 35.2. The molecular weight excluding hydrogens is 458 g/mol. The molecular formula is C22H19ClF2N4O2S. The number of anilines is 1. The molecule has 1 N–H and O–H groups in total. The third kappa shape index (κ3) is 3.77. The van der Waals surface area contributed by atoms with Gasteiger partial charge in [0.2, 0.25) is 5.92 Å². The van der Waals surface area contributed by atoms with Crippen molar-refractivity contribution in [1.82, 2.24) is 9.55 Å². The number of nitrogens with one attached hydrogen (secondary N) is 1. The normalized spacial score (nSPS) is 17.3. The van der Waals surface area contributed by atoms with Gasteiger partial charge in [-0.3, -0.25) is 14.6 Å². The summed E-state index contributed by atoms with van der Waals surface area (Å²) in [7, 11) is 0. The molecule has 0 bridgehead atoms. The Morgan fingerprint density at radius 1 is 1.28 bits per heavy atom. The molecule has 2 aliphatic rings. The van der Waals surface area contributed by atoms with Gasteiger partial charge in [-0.2, -0.15) is 0 Å². The first-order valence-corrected chi connectivity index (χ1v) is 11.8. The van der Waals surface area contributed by atoms with Crippen LogP contribution in [0.1, 0.15) is 12.8 Å². The number of benzene rings is 1. The van der Waals surface area contributed by atoms with Gasteiger partial charge in [0.15, 0.2) is 11.2 Å². The molecule has 1 aromatic carbocycles. The van der Waals surface area contributed by atoms with Gasteiger partial charge in [0.25, 0.3) is 0 Å². The van der Waals surface area contributed by atoms with Crippen LogP contribution in [0.25, 0.3) is 21.9 Å². The summed E-state index contributed by atoms with van der Waals surface area (Å²) < 4.78 is 28.0. The summed E-state index contributed by atoms with van der Waals surface area (Å²) in [6, 6.07) is 6.66. The first-order valence-electron chi connectivity index (χ1n) is 10.2. The summed E-state index contributed by atoms with van der Waals surface area (Å²) >= 11 is 7.80. The number of Topliss-reactive ketones (excluding diaryl/α,β-unsaturated/α-hetero) is 1. The van der Waals surface area contributed by atoms with Crippen LogP contribution in [0, 0.1) is 5.92 Å². The van der Waals surface area contributed by atoms with E-state index in [2.05, 4.69) is 15.3 Å². The van der Waals surface area contributed by atoms with Crippen LogP contribution in [0.15, 0.2) is 38.9 Å². The highest BCUT2D eigenvalue weighted by Gasteiger charge is 2.44. The standard InChI is InChI=1S/C22H19ClF2N4O2S/c1-32-20-14(23)4-2-12-18(20)29(10-16(30)15-9-26-15)21-13(19(12)31)3-5-17(28-21)27-8-11-6-22(24,25)7-11/h2-5,11H,6-10H2,1H3,(H,27,28). The average molecular weight is 477 g/mol. The van der Waals surface area contributed by atoms with Crippen molar-refractivity contribution in [3.63, 3.8) is 0 Å². The van der Waals surface area contributed by atoms with E-state index in [-0.39, 0.29) is 36.5 Å². The van der Waals surface area contributed by atoms with Gasteiger partial charge in [0.05, 0.1) is 33.9 Å². The second kappa shape index (κ2) is 7.81. The van der Waals surface area contributed by atoms with Crippen molar-refractivity contribution in [2.75, 3.05) is 24.7 Å². The van der Waals surface area contributed by atoms with Gasteiger partial charge in [0.1, 0.15) is 17.2 Å². The van der Waals surface area contributed by atoms with E-state index < -0.39 is 5.92 Å². The summed E-state index contributed by atoms with van der Waals surface area (Å²) in [5.41, 5.74) is 1.21. The highest BCUT2D eigenvalue weighted by molar-refractivity contribution is 7.99. The Bertz CT molecular complexity index is 1360. The maximum atomic E-state index is 13.2. The van der Waals surface area contributed by atoms with Gasteiger partial charge in [-0.1, -0.05) is 11.6 Å². The largest absolute Gasteiger partial charge is 0.370 e. The highest BCUT2D eigenvalue weighted by Crippen LogP contribution is 2.42. The van der Waals surface area contributed by atoms with Crippen LogP contribution in [0.4, 0.5) is 14.6 Å². The molecule has 0 saturated heterocycles. The molecule has 0 radical (unpaired) electrons. The molecule has 1 saturated carbocycles. The minimum Gasteiger partial charge on any atom is -0.370 e. The predicted molar refractivity (Wildman–Crippen MR) is 124 cm³/mol. The maximum absolute atomic E-state index is 13.2. The summed E-state index contributed by atoms with van der Waals surface area (Å²) in [5.74, 6) is -2.39. The number of fused-ring (bicyclic) bond motifs is 2. The van der Waals surface area contributed by atoms with E-state index in [1.165, 1.54) is 11.8 Å². The van der Waals surface area contributed by atoms with Crippen molar-refractivity contribution in [1.29, 1.82) is 0 Å². The van der Waals surface area contributed by atoms with Gasteiger partial charge in [-0.05, 0) is 36.4 Å². The number of ketones is 1. The number of hydrogen-bond acceptors (Lipinski definition) is 6. The number of aliphatic imine (C=N–C) groups is 1. The summed E-state index contributed by atoms with van der Waals surface area (Å²) in [6.07, 6.45) is 1.57. The van der Waals surface area contributed by atoms with Crippen LogP contribution in [-0.2, 0) is 11.3 Å². The van der Waals surface area contributed by atoms with E-state index in [0.29, 0.717) is 56.5 Å². The zero-order chi connectivity index (χ0) is 22.6. The number of carbonyl (C=O) groups is 1. The molecule has 0 unspecified atom stereocenters. The van der Waals surface area contributed by atoms with Crippen LogP contribution >= 0.6 is 23.4 Å². The van der Waals surface area contributed by atoms with Gasteiger partial charge in [-0.15, -0.1) is 11.8 Å². The molecule has 5 rings (SSSR count). The van der Waals surface area contributed by atoms with Crippen LogP contribution in [0.2, 0.25) is 5.02 Å². The fraction of sp³-hybridized carbons (Fsp3) is 0.364. The first kappa shape index (κ1) is 21.3. The number of hydrogen-bond donors (Lipinski definition) is 1. The van der Waals surface area contributed by atoms with Crippen LogP contribution in [0.5, 0.6) is 0 Å². The Kier molecular flexibility index (Phi) is 5.21. The number of rotatable bonds is 7. The van der Waals surface area contributed by atoms with Gasteiger partial charge in [-0.25, -0.2) is 13.8 Å². The highest BCUT2D eigenvalue weighted by atomic mass is 35.5. The quantitative estimate of drug-likeness (QED) is 0.404. The number of halogens is 3. The zero-order valence-electron chi connectivity index (χ0n) is 17.1. The number of carbonyl (C=O) groups excluding carboxylic acids is 1. The summed E-state index contributed by atoms with van der Waals surface area (Å²) in [5, 5.41) is 4.41. The molecule has 32 heavy (non-hydrogen) atoms. The lowest BCUT2D eigenvalue weighted by Crippen LogP contribution is -2.39. The topological polar surface area (TPSA) is 76.3 Å². The third-order valence-electron chi connectivity index (χ3n) is 5.86. The molecule has 2 aromatic heterocycles. The monoisotopic (exact) mass is 476 g/mol. The second-order valence-electron chi connectivity index (χ2n) is 8.16. The molecule has 166 valence electrons. The average Bonchev–Trinajstić information content (AvgIpc) is 3.58. The SMILES string of the molecule is CSc1c(Cl)ccc2c(=O)c3ccc(NCC4CC(F)(F)C4)nc3n(CC(=O)C3=NC3)c12. The predicted octanol–water partition coefficient (Wildman–Crippen LogP) is 4.41. The van der Waals surface area contributed by atoms with Crippen molar-refractivity contribution in [2.24, 2.45) is 10.9 Å². The van der Waals surface area contributed by atoms with Gasteiger partial charge < -0.3 is 9.88 Å². The third-order valence-corrected chi connectivity index (χ3v) is 7.11. The Hall–Kier alpha value is -2.52. The first-order chi connectivity index (χ1) is 15.3. The Morgan fingerprint density at radius 2 is 2.00 bits per heavy atom. The minimum absolute atomic E-state index is 0.0225. The molecule has 6 nitrogen and oxygen atoms in total. The number of aromatic nitrogens is 2. The second-order valence-corrected chi connectivity index (χ2v) is 9.38.